The highest BCUT2D eigenvalue weighted by Gasteiger charge is 2.23. The molecule has 0 heterocycles. The van der Waals surface area contributed by atoms with Crippen molar-refractivity contribution in [1.82, 2.24) is 0 Å². The van der Waals surface area contributed by atoms with Gasteiger partial charge in [0, 0.05) is 12.3 Å². The highest BCUT2D eigenvalue weighted by Crippen LogP contribution is 2.27. The van der Waals surface area contributed by atoms with Gasteiger partial charge in [0.15, 0.2) is 5.78 Å². The van der Waals surface area contributed by atoms with E-state index in [1.807, 2.05) is 6.08 Å². The van der Waals surface area contributed by atoms with E-state index in [9.17, 15) is 9.59 Å². The minimum Gasteiger partial charge on any atom is -0.481 e. The number of rotatable bonds is 12. The number of carbonyl (C=O) groups excluding carboxylic acids is 1. The molecular formula is C20H30O3. The van der Waals surface area contributed by atoms with Gasteiger partial charge >= 0.3 is 5.97 Å². The van der Waals surface area contributed by atoms with E-state index in [-0.39, 0.29) is 18.1 Å². The van der Waals surface area contributed by atoms with Crippen LogP contribution in [-0.4, -0.2) is 16.9 Å². The minimum atomic E-state index is -0.726. The Morgan fingerprint density at radius 3 is 2.65 bits per heavy atom. The van der Waals surface area contributed by atoms with Crippen LogP contribution >= 0.6 is 0 Å². The van der Waals surface area contributed by atoms with E-state index < -0.39 is 5.97 Å². The van der Waals surface area contributed by atoms with Gasteiger partial charge in [0.25, 0.3) is 0 Å². The Labute approximate surface area is 140 Å². The number of hydrogen-bond acceptors (Lipinski definition) is 2. The average molecular weight is 318 g/mol. The number of carbonyl (C=O) groups is 2. The van der Waals surface area contributed by atoms with E-state index in [2.05, 4.69) is 25.2 Å². The van der Waals surface area contributed by atoms with Gasteiger partial charge < -0.3 is 5.11 Å². The van der Waals surface area contributed by atoms with Crippen LogP contribution < -0.4 is 0 Å². The van der Waals surface area contributed by atoms with Crippen LogP contribution in [0.4, 0.5) is 0 Å². The molecule has 3 heteroatoms. The Morgan fingerprint density at radius 1 is 1.13 bits per heavy atom. The quantitative estimate of drug-likeness (QED) is 0.501. The van der Waals surface area contributed by atoms with Crippen LogP contribution in [0.5, 0.6) is 0 Å². The van der Waals surface area contributed by atoms with Gasteiger partial charge in [0.1, 0.15) is 0 Å². The summed E-state index contributed by atoms with van der Waals surface area (Å²) in [7, 11) is 0. The summed E-state index contributed by atoms with van der Waals surface area (Å²) < 4.78 is 0. The first-order chi connectivity index (χ1) is 11.1. The molecule has 0 radical (unpaired) electrons. The second kappa shape index (κ2) is 11.9. The lowest BCUT2D eigenvalue weighted by atomic mass is 9.93. The zero-order valence-corrected chi connectivity index (χ0v) is 14.3. The smallest absolute Gasteiger partial charge is 0.303 e. The standard InChI is InChI=1S/C20H30O3/c1-2-3-4-5-6-9-12-17-15-16-19(21)18(17)13-10-7-8-11-14-20(22)23/h6,9,12,15-16,18H,2-5,7-8,10-11,13-14H2,1H3,(H,22,23)/b9-6+,17-12+/t18-/m0/s1. The number of hydrogen-bond donors (Lipinski definition) is 1. The molecule has 1 atom stereocenters. The van der Waals surface area contributed by atoms with E-state index >= 15 is 0 Å². The predicted molar refractivity (Wildman–Crippen MR) is 94.3 cm³/mol. The second-order valence-electron chi connectivity index (χ2n) is 6.23. The first kappa shape index (κ1) is 19.4. The van der Waals surface area contributed by atoms with Crippen LogP contribution in [0.3, 0.4) is 0 Å². The van der Waals surface area contributed by atoms with E-state index in [1.165, 1.54) is 19.3 Å². The van der Waals surface area contributed by atoms with Gasteiger partial charge in [-0.2, -0.15) is 0 Å². The van der Waals surface area contributed by atoms with Crippen molar-refractivity contribution in [1.29, 1.82) is 0 Å². The maximum atomic E-state index is 11.9. The van der Waals surface area contributed by atoms with Crippen molar-refractivity contribution in [2.24, 2.45) is 5.92 Å². The molecule has 0 aromatic carbocycles. The number of allylic oxidation sites excluding steroid dienone is 6. The first-order valence-corrected chi connectivity index (χ1v) is 8.95. The summed E-state index contributed by atoms with van der Waals surface area (Å²) in [5.41, 5.74) is 1.12. The molecule has 0 saturated carbocycles. The lowest BCUT2D eigenvalue weighted by Gasteiger charge is -2.10. The summed E-state index contributed by atoms with van der Waals surface area (Å²) in [5.74, 6) is -0.507. The molecule has 0 spiro atoms. The molecule has 0 aromatic heterocycles. The third-order valence-electron chi connectivity index (χ3n) is 4.22. The molecule has 0 aromatic rings. The molecule has 0 unspecified atom stereocenters. The zero-order chi connectivity index (χ0) is 16.9. The van der Waals surface area contributed by atoms with Gasteiger partial charge in [-0.3, -0.25) is 9.59 Å². The molecule has 1 rings (SSSR count). The van der Waals surface area contributed by atoms with Crippen LogP contribution in [0.25, 0.3) is 0 Å². The maximum absolute atomic E-state index is 11.9. The van der Waals surface area contributed by atoms with Crippen molar-refractivity contribution >= 4 is 11.8 Å². The number of ketones is 1. The van der Waals surface area contributed by atoms with Crippen LogP contribution in [-0.2, 0) is 9.59 Å². The van der Waals surface area contributed by atoms with Crippen molar-refractivity contribution in [3.63, 3.8) is 0 Å². The monoisotopic (exact) mass is 318 g/mol. The topological polar surface area (TPSA) is 54.4 Å². The van der Waals surface area contributed by atoms with E-state index in [1.54, 1.807) is 6.08 Å². The van der Waals surface area contributed by atoms with Gasteiger partial charge in [0.2, 0.25) is 0 Å². The van der Waals surface area contributed by atoms with Crippen molar-refractivity contribution in [2.45, 2.75) is 71.1 Å². The fourth-order valence-electron chi connectivity index (χ4n) is 2.82. The van der Waals surface area contributed by atoms with Crippen molar-refractivity contribution in [2.75, 3.05) is 0 Å². The summed E-state index contributed by atoms with van der Waals surface area (Å²) in [5, 5.41) is 8.60. The SMILES string of the molecule is CCCCC/C=C/C=C1\C=CC(=O)[C@H]1CCCCCCC(=O)O. The Kier molecular flexibility index (Phi) is 10.0. The Bertz CT molecular complexity index is 458. The van der Waals surface area contributed by atoms with Gasteiger partial charge in [-0.1, -0.05) is 63.3 Å². The predicted octanol–water partition coefficient (Wildman–Crippen LogP) is 5.23. The summed E-state index contributed by atoms with van der Waals surface area (Å²) in [4.78, 5) is 22.4. The van der Waals surface area contributed by atoms with Crippen LogP contribution in [0.2, 0.25) is 0 Å². The molecule has 0 aliphatic heterocycles. The van der Waals surface area contributed by atoms with Crippen LogP contribution in [0, 0.1) is 5.92 Å². The summed E-state index contributed by atoms with van der Waals surface area (Å²) in [6, 6.07) is 0. The van der Waals surface area contributed by atoms with E-state index in [4.69, 9.17) is 5.11 Å². The molecule has 1 N–H and O–H groups in total. The molecule has 1 aliphatic carbocycles. The lowest BCUT2D eigenvalue weighted by molar-refractivity contribution is -0.137. The van der Waals surface area contributed by atoms with E-state index in [0.29, 0.717) is 0 Å². The highest BCUT2D eigenvalue weighted by molar-refractivity contribution is 5.98. The molecular weight excluding hydrogens is 288 g/mol. The van der Waals surface area contributed by atoms with Crippen molar-refractivity contribution < 1.29 is 14.7 Å². The Balaban J connectivity index is 2.29. The van der Waals surface area contributed by atoms with Crippen LogP contribution in [0.15, 0.2) is 36.0 Å². The molecule has 3 nitrogen and oxygen atoms in total. The third-order valence-corrected chi connectivity index (χ3v) is 4.22. The summed E-state index contributed by atoms with van der Waals surface area (Å²) in [6.07, 6.45) is 19.5. The number of aliphatic carboxylic acids is 1. The lowest BCUT2D eigenvalue weighted by Crippen LogP contribution is -2.08. The fourth-order valence-corrected chi connectivity index (χ4v) is 2.82. The summed E-state index contributed by atoms with van der Waals surface area (Å²) in [6.45, 7) is 2.20. The first-order valence-electron chi connectivity index (χ1n) is 8.95. The third kappa shape index (κ3) is 8.53. The molecule has 0 fully saturated rings. The molecule has 0 saturated heterocycles. The van der Waals surface area contributed by atoms with Gasteiger partial charge in [-0.15, -0.1) is 0 Å². The number of unbranched alkanes of at least 4 members (excludes halogenated alkanes) is 6. The minimum absolute atomic E-state index is 0.00904. The van der Waals surface area contributed by atoms with Gasteiger partial charge in [-0.05, 0) is 37.3 Å². The Morgan fingerprint density at radius 2 is 1.91 bits per heavy atom. The van der Waals surface area contributed by atoms with Gasteiger partial charge in [0.05, 0.1) is 0 Å². The van der Waals surface area contributed by atoms with Crippen molar-refractivity contribution in [3.8, 4) is 0 Å². The normalized spacial score (nSPS) is 19.3. The fraction of sp³-hybridized carbons (Fsp3) is 0.600. The zero-order valence-electron chi connectivity index (χ0n) is 14.3. The highest BCUT2D eigenvalue weighted by atomic mass is 16.4. The number of carboxylic acid groups (broad SMARTS) is 1. The Hall–Kier alpha value is -1.64. The molecule has 23 heavy (non-hydrogen) atoms. The maximum Gasteiger partial charge on any atom is 0.303 e. The molecule has 0 amide bonds. The summed E-state index contributed by atoms with van der Waals surface area (Å²) >= 11 is 0. The van der Waals surface area contributed by atoms with Gasteiger partial charge in [-0.25, -0.2) is 0 Å². The van der Waals surface area contributed by atoms with E-state index in [0.717, 1.165) is 44.1 Å². The van der Waals surface area contributed by atoms with Crippen molar-refractivity contribution in [3.05, 3.63) is 36.0 Å². The average Bonchev–Trinajstić information content (AvgIpc) is 2.86. The largest absolute Gasteiger partial charge is 0.481 e. The second-order valence-corrected chi connectivity index (χ2v) is 6.23. The molecule has 1 aliphatic rings. The molecule has 128 valence electrons. The molecule has 0 bridgehead atoms. The number of carboxylic acids is 1. The van der Waals surface area contributed by atoms with Crippen LogP contribution in [0.1, 0.15) is 71.1 Å².